The highest BCUT2D eigenvalue weighted by molar-refractivity contribution is 6.31. The fourth-order valence-electron chi connectivity index (χ4n) is 2.48. The van der Waals surface area contributed by atoms with E-state index in [0.717, 1.165) is 4.57 Å². The first-order chi connectivity index (χ1) is 11.9. The molecule has 3 aromatic rings. The highest BCUT2D eigenvalue weighted by Crippen LogP contribution is 2.22. The number of aromatic nitrogens is 2. The van der Waals surface area contributed by atoms with Crippen LogP contribution >= 0.6 is 11.6 Å². The van der Waals surface area contributed by atoms with Crippen LogP contribution in [0.3, 0.4) is 0 Å². The topological polar surface area (TPSA) is 84.0 Å². The summed E-state index contributed by atoms with van der Waals surface area (Å²) in [5.74, 6) is -1.33. The van der Waals surface area contributed by atoms with Gasteiger partial charge in [-0.25, -0.2) is 9.18 Å². The molecule has 2 aromatic carbocycles. The summed E-state index contributed by atoms with van der Waals surface area (Å²) < 4.78 is 14.9. The van der Waals surface area contributed by atoms with Crippen LogP contribution in [0.1, 0.15) is 17.3 Å². The number of amides is 1. The Hall–Kier alpha value is -2.93. The lowest BCUT2D eigenvalue weighted by Crippen LogP contribution is -2.34. The van der Waals surface area contributed by atoms with Crippen LogP contribution in [0.15, 0.2) is 46.0 Å². The third kappa shape index (κ3) is 3.06. The van der Waals surface area contributed by atoms with Gasteiger partial charge >= 0.3 is 5.69 Å². The summed E-state index contributed by atoms with van der Waals surface area (Å²) in [4.78, 5) is 39.0. The van der Waals surface area contributed by atoms with Crippen molar-refractivity contribution in [1.29, 1.82) is 0 Å². The lowest BCUT2D eigenvalue weighted by Gasteiger charge is -2.08. The number of rotatable bonds is 3. The van der Waals surface area contributed by atoms with Crippen molar-refractivity contribution in [3.8, 4) is 0 Å². The predicted molar refractivity (Wildman–Crippen MR) is 93.9 cm³/mol. The largest absolute Gasteiger partial charge is 0.328 e. The SMILES string of the molecule is CCn1c(=O)[nH]c2cc(C(=O)Nc3cccc(Cl)c3F)ccc2c1=O. The number of benzene rings is 2. The van der Waals surface area contributed by atoms with Gasteiger partial charge in [-0.3, -0.25) is 14.2 Å². The molecule has 0 atom stereocenters. The van der Waals surface area contributed by atoms with E-state index >= 15 is 0 Å². The van der Waals surface area contributed by atoms with Gasteiger partial charge in [-0.1, -0.05) is 17.7 Å². The quantitative estimate of drug-likeness (QED) is 0.752. The van der Waals surface area contributed by atoms with E-state index in [9.17, 15) is 18.8 Å². The Morgan fingerprint density at radius 3 is 2.76 bits per heavy atom. The first kappa shape index (κ1) is 16.9. The van der Waals surface area contributed by atoms with Gasteiger partial charge in [0.2, 0.25) is 0 Å². The molecular weight excluding hydrogens is 349 g/mol. The number of carbonyl (C=O) groups excluding carboxylic acids is 1. The molecule has 1 heterocycles. The molecule has 0 aliphatic heterocycles. The normalized spacial score (nSPS) is 10.8. The maximum absolute atomic E-state index is 13.9. The van der Waals surface area contributed by atoms with Gasteiger partial charge in [0.25, 0.3) is 11.5 Å². The van der Waals surface area contributed by atoms with E-state index in [4.69, 9.17) is 11.6 Å². The summed E-state index contributed by atoms with van der Waals surface area (Å²) in [5, 5.41) is 2.58. The van der Waals surface area contributed by atoms with Gasteiger partial charge in [-0.2, -0.15) is 0 Å². The van der Waals surface area contributed by atoms with Gasteiger partial charge < -0.3 is 10.3 Å². The van der Waals surface area contributed by atoms with Crippen LogP contribution < -0.4 is 16.6 Å². The number of hydrogen-bond acceptors (Lipinski definition) is 3. The Morgan fingerprint density at radius 1 is 1.28 bits per heavy atom. The highest BCUT2D eigenvalue weighted by Gasteiger charge is 2.13. The summed E-state index contributed by atoms with van der Waals surface area (Å²) >= 11 is 5.68. The zero-order chi connectivity index (χ0) is 18.1. The van der Waals surface area contributed by atoms with Crippen molar-refractivity contribution in [2.45, 2.75) is 13.5 Å². The molecule has 1 aromatic heterocycles. The second-order valence-corrected chi connectivity index (χ2v) is 5.70. The fraction of sp³-hybridized carbons (Fsp3) is 0.118. The van der Waals surface area contributed by atoms with E-state index in [-0.39, 0.29) is 33.7 Å². The Labute approximate surface area is 145 Å². The second kappa shape index (κ2) is 6.52. The molecular formula is C17H13ClFN3O3. The minimum atomic E-state index is -0.738. The van der Waals surface area contributed by atoms with Crippen molar-refractivity contribution in [2.24, 2.45) is 0 Å². The van der Waals surface area contributed by atoms with E-state index in [1.54, 1.807) is 6.92 Å². The van der Waals surface area contributed by atoms with E-state index in [2.05, 4.69) is 10.3 Å². The molecule has 0 spiro atoms. The standard InChI is InChI=1S/C17H13ClFN3O3/c1-2-22-16(24)10-7-6-9(8-13(10)21-17(22)25)15(23)20-12-5-3-4-11(18)14(12)19/h3-8H,2H2,1H3,(H,20,23)(H,21,25). The third-order valence-electron chi connectivity index (χ3n) is 3.76. The van der Waals surface area contributed by atoms with Gasteiger partial charge in [0.15, 0.2) is 5.82 Å². The molecule has 8 heteroatoms. The summed E-state index contributed by atoms with van der Waals surface area (Å²) in [6.45, 7) is 1.92. The van der Waals surface area contributed by atoms with Gasteiger partial charge in [-0.05, 0) is 37.3 Å². The number of nitrogens with zero attached hydrogens (tertiary/aromatic N) is 1. The Morgan fingerprint density at radius 2 is 2.04 bits per heavy atom. The van der Waals surface area contributed by atoms with Gasteiger partial charge in [-0.15, -0.1) is 0 Å². The number of carbonyl (C=O) groups is 1. The smallest absolute Gasteiger partial charge is 0.319 e. The first-order valence-electron chi connectivity index (χ1n) is 7.44. The van der Waals surface area contributed by atoms with Crippen molar-refractivity contribution < 1.29 is 9.18 Å². The molecule has 0 unspecified atom stereocenters. The summed E-state index contributed by atoms with van der Waals surface area (Å²) in [6, 6.07) is 8.50. The monoisotopic (exact) mass is 361 g/mol. The zero-order valence-electron chi connectivity index (χ0n) is 13.1. The van der Waals surface area contributed by atoms with E-state index in [1.165, 1.54) is 36.4 Å². The number of halogens is 2. The molecule has 3 rings (SSSR count). The number of H-pyrrole nitrogens is 1. The highest BCUT2D eigenvalue weighted by atomic mass is 35.5. The van der Waals surface area contributed by atoms with Crippen LogP contribution in [0.4, 0.5) is 10.1 Å². The Balaban J connectivity index is 2.02. The number of aromatic amines is 1. The molecule has 1 amide bonds. The van der Waals surface area contributed by atoms with Crippen LogP contribution in [0, 0.1) is 5.82 Å². The maximum atomic E-state index is 13.9. The van der Waals surface area contributed by atoms with E-state index in [0.29, 0.717) is 0 Å². The zero-order valence-corrected chi connectivity index (χ0v) is 13.9. The molecule has 2 N–H and O–H groups in total. The lowest BCUT2D eigenvalue weighted by molar-refractivity contribution is 0.102. The summed E-state index contributed by atoms with van der Waals surface area (Å²) in [7, 11) is 0. The summed E-state index contributed by atoms with van der Waals surface area (Å²) in [6.07, 6.45) is 0. The van der Waals surface area contributed by atoms with Crippen molar-refractivity contribution in [1.82, 2.24) is 9.55 Å². The first-order valence-corrected chi connectivity index (χ1v) is 7.82. The van der Waals surface area contributed by atoms with Crippen LogP contribution in [0.25, 0.3) is 10.9 Å². The van der Waals surface area contributed by atoms with Gasteiger partial charge in [0.05, 0.1) is 21.6 Å². The predicted octanol–water partition coefficient (Wildman–Crippen LogP) is 2.75. The van der Waals surface area contributed by atoms with E-state index in [1.807, 2.05) is 0 Å². The molecule has 25 heavy (non-hydrogen) atoms. The van der Waals surface area contributed by atoms with Crippen molar-refractivity contribution in [3.63, 3.8) is 0 Å². The molecule has 0 aliphatic carbocycles. The molecule has 128 valence electrons. The minimum absolute atomic E-state index is 0.0625. The second-order valence-electron chi connectivity index (χ2n) is 5.30. The van der Waals surface area contributed by atoms with Crippen LogP contribution in [-0.4, -0.2) is 15.5 Å². The fourth-order valence-corrected chi connectivity index (χ4v) is 2.65. The number of anilines is 1. The summed E-state index contributed by atoms with van der Waals surface area (Å²) in [5.41, 5.74) is -0.657. The van der Waals surface area contributed by atoms with Crippen LogP contribution in [0.5, 0.6) is 0 Å². The average Bonchev–Trinajstić information content (AvgIpc) is 2.58. The van der Waals surface area contributed by atoms with Crippen molar-refractivity contribution in [3.05, 3.63) is 73.6 Å². The molecule has 0 saturated heterocycles. The van der Waals surface area contributed by atoms with Gasteiger partial charge in [0, 0.05) is 12.1 Å². The minimum Gasteiger partial charge on any atom is -0.319 e. The average molecular weight is 362 g/mol. The molecule has 0 bridgehead atoms. The van der Waals surface area contributed by atoms with Crippen LogP contribution in [0.2, 0.25) is 5.02 Å². The molecule has 0 aliphatic rings. The van der Waals surface area contributed by atoms with E-state index < -0.39 is 23.0 Å². The lowest BCUT2D eigenvalue weighted by atomic mass is 10.1. The molecule has 0 saturated carbocycles. The van der Waals surface area contributed by atoms with Gasteiger partial charge in [0.1, 0.15) is 0 Å². The maximum Gasteiger partial charge on any atom is 0.328 e. The third-order valence-corrected chi connectivity index (χ3v) is 4.05. The number of nitrogens with one attached hydrogen (secondary N) is 2. The van der Waals surface area contributed by atoms with Crippen molar-refractivity contribution in [2.75, 3.05) is 5.32 Å². The molecule has 0 radical (unpaired) electrons. The van der Waals surface area contributed by atoms with Crippen LogP contribution in [-0.2, 0) is 6.54 Å². The molecule has 0 fully saturated rings. The van der Waals surface area contributed by atoms with Crippen molar-refractivity contribution >= 4 is 34.1 Å². The Bertz CT molecular complexity index is 1100. The molecule has 6 nitrogen and oxygen atoms in total. The Kier molecular flexibility index (Phi) is 4.41. The number of hydrogen-bond donors (Lipinski definition) is 2. The number of fused-ring (bicyclic) bond motifs is 1.